The van der Waals surface area contributed by atoms with E-state index in [0.29, 0.717) is 30.3 Å². The van der Waals surface area contributed by atoms with Crippen LogP contribution in [0.1, 0.15) is 42.2 Å². The predicted octanol–water partition coefficient (Wildman–Crippen LogP) is 0.712. The van der Waals surface area contributed by atoms with E-state index in [1.807, 2.05) is 4.57 Å². The Morgan fingerprint density at radius 2 is 2.10 bits per heavy atom. The minimum absolute atomic E-state index is 0.0400. The van der Waals surface area contributed by atoms with Crippen molar-refractivity contribution in [2.75, 3.05) is 17.2 Å². The van der Waals surface area contributed by atoms with Gasteiger partial charge in [-0.05, 0) is 31.7 Å². The Balaban J connectivity index is 1.73. The highest BCUT2D eigenvalue weighted by atomic mass is 32.2. The fraction of sp³-hybridized carbons (Fsp3) is 0.615. The molecule has 1 atom stereocenters. The number of carbonyl (C=O) groups is 1. The lowest BCUT2D eigenvalue weighted by atomic mass is 10.2. The van der Waals surface area contributed by atoms with E-state index in [0.717, 1.165) is 12.8 Å². The molecule has 1 amide bonds. The lowest BCUT2D eigenvalue weighted by Crippen LogP contribution is -2.43. The van der Waals surface area contributed by atoms with Crippen molar-refractivity contribution in [3.05, 3.63) is 18.0 Å². The van der Waals surface area contributed by atoms with Gasteiger partial charge in [-0.1, -0.05) is 0 Å². The fourth-order valence-corrected chi connectivity index (χ4v) is 4.37. The number of rotatable bonds is 3. The van der Waals surface area contributed by atoms with Crippen LogP contribution in [0.5, 0.6) is 0 Å². The van der Waals surface area contributed by atoms with Crippen molar-refractivity contribution in [1.29, 1.82) is 0 Å². The van der Waals surface area contributed by atoms with Gasteiger partial charge in [-0.15, -0.1) is 0 Å². The molecule has 3 rings (SSSR count). The van der Waals surface area contributed by atoms with Gasteiger partial charge >= 0.3 is 0 Å². The van der Waals surface area contributed by atoms with Crippen molar-refractivity contribution in [3.8, 4) is 0 Å². The van der Waals surface area contributed by atoms with Crippen LogP contribution >= 0.6 is 0 Å². The van der Waals surface area contributed by atoms with Crippen molar-refractivity contribution in [2.45, 2.75) is 37.8 Å². The Bertz CT molecular complexity index is 631. The molecule has 1 saturated heterocycles. The smallest absolute Gasteiger partial charge is 0.268 e. The predicted molar refractivity (Wildman–Crippen MR) is 76.3 cm³/mol. The highest BCUT2D eigenvalue weighted by Crippen LogP contribution is 2.37. The summed E-state index contributed by atoms with van der Waals surface area (Å²) in [4.78, 5) is 12.3. The second kappa shape index (κ2) is 4.80. The van der Waals surface area contributed by atoms with E-state index >= 15 is 0 Å². The van der Waals surface area contributed by atoms with E-state index in [-0.39, 0.29) is 23.5 Å². The normalized spacial score (nSPS) is 25.3. The van der Waals surface area contributed by atoms with Crippen LogP contribution in [0.15, 0.2) is 12.3 Å². The number of hydrogen-bond acceptors (Lipinski definition) is 4. The Hall–Kier alpha value is -1.50. The summed E-state index contributed by atoms with van der Waals surface area (Å²) in [6.07, 6.45) is 5.23. The average molecular weight is 297 g/mol. The van der Waals surface area contributed by atoms with E-state index in [2.05, 4.69) is 5.32 Å². The third-order valence-electron chi connectivity index (χ3n) is 3.84. The van der Waals surface area contributed by atoms with Crippen LogP contribution < -0.4 is 11.1 Å². The van der Waals surface area contributed by atoms with Gasteiger partial charge in [-0.3, -0.25) is 4.79 Å². The number of hydrogen-bond donors (Lipinski definition) is 2. The van der Waals surface area contributed by atoms with Crippen LogP contribution in [-0.4, -0.2) is 36.4 Å². The van der Waals surface area contributed by atoms with E-state index in [4.69, 9.17) is 5.73 Å². The molecule has 0 spiro atoms. The van der Waals surface area contributed by atoms with Crippen LogP contribution in [-0.2, 0) is 9.84 Å². The van der Waals surface area contributed by atoms with Crippen molar-refractivity contribution in [1.82, 2.24) is 9.88 Å². The third kappa shape index (κ3) is 2.82. The number of nitrogens with one attached hydrogen (secondary N) is 1. The van der Waals surface area contributed by atoms with Crippen molar-refractivity contribution in [2.24, 2.45) is 0 Å². The molecule has 1 aliphatic carbocycles. The first-order chi connectivity index (χ1) is 9.44. The summed E-state index contributed by atoms with van der Waals surface area (Å²) in [5.41, 5.74) is 6.87. The molecule has 3 N–H and O–H groups in total. The molecule has 6 nitrogen and oxygen atoms in total. The van der Waals surface area contributed by atoms with Crippen LogP contribution in [0.3, 0.4) is 0 Å². The summed E-state index contributed by atoms with van der Waals surface area (Å²) in [5, 5.41) is 2.83. The van der Waals surface area contributed by atoms with Crippen LogP contribution in [0.2, 0.25) is 0 Å². The molecular weight excluding hydrogens is 278 g/mol. The highest BCUT2D eigenvalue weighted by molar-refractivity contribution is 7.91. The molecule has 0 bridgehead atoms. The maximum Gasteiger partial charge on any atom is 0.268 e. The molecule has 2 fully saturated rings. The minimum Gasteiger partial charge on any atom is -0.397 e. The van der Waals surface area contributed by atoms with Gasteiger partial charge in [0.1, 0.15) is 5.69 Å². The van der Waals surface area contributed by atoms with Crippen molar-refractivity contribution in [3.63, 3.8) is 0 Å². The first kappa shape index (κ1) is 13.5. The summed E-state index contributed by atoms with van der Waals surface area (Å²) >= 11 is 0. The van der Waals surface area contributed by atoms with E-state index in [1.54, 1.807) is 12.3 Å². The van der Waals surface area contributed by atoms with E-state index in [9.17, 15) is 13.2 Å². The number of nitrogens with zero attached hydrogens (tertiary/aromatic N) is 1. The topological polar surface area (TPSA) is 94.2 Å². The zero-order chi connectivity index (χ0) is 14.3. The highest BCUT2D eigenvalue weighted by Gasteiger charge is 2.30. The van der Waals surface area contributed by atoms with Gasteiger partial charge in [0.2, 0.25) is 0 Å². The van der Waals surface area contributed by atoms with E-state index in [1.165, 1.54) is 0 Å². The summed E-state index contributed by atoms with van der Waals surface area (Å²) in [7, 11) is -3.01. The molecule has 1 aromatic heterocycles. The first-order valence-corrected chi connectivity index (χ1v) is 8.75. The van der Waals surface area contributed by atoms with Gasteiger partial charge in [-0.25, -0.2) is 8.42 Å². The molecule has 110 valence electrons. The maximum absolute atomic E-state index is 12.3. The molecular formula is C13H19N3O3S. The Labute approximate surface area is 118 Å². The summed E-state index contributed by atoms with van der Waals surface area (Å²) in [5.74, 6) is 0.0408. The number of aromatic nitrogens is 1. The second-order valence-electron chi connectivity index (χ2n) is 5.72. The van der Waals surface area contributed by atoms with Gasteiger partial charge in [-0.2, -0.15) is 0 Å². The van der Waals surface area contributed by atoms with Gasteiger partial charge in [0.25, 0.3) is 5.91 Å². The molecule has 20 heavy (non-hydrogen) atoms. The first-order valence-electron chi connectivity index (χ1n) is 6.93. The standard InChI is InChI=1S/C13H19N3O3S/c14-9-6-12(16(7-9)11-3-4-11)13(17)15-10-2-1-5-20(18,19)8-10/h6-7,10-11H,1-5,8,14H2,(H,15,17). The third-order valence-corrected chi connectivity index (χ3v) is 5.66. The van der Waals surface area contributed by atoms with Crippen LogP contribution in [0.25, 0.3) is 0 Å². The largest absolute Gasteiger partial charge is 0.397 e. The number of nitrogens with two attached hydrogens (primary N) is 1. The van der Waals surface area contributed by atoms with Crippen LogP contribution in [0, 0.1) is 0 Å². The summed E-state index contributed by atoms with van der Waals surface area (Å²) < 4.78 is 25.1. The van der Waals surface area contributed by atoms with Crippen LogP contribution in [0.4, 0.5) is 5.69 Å². The SMILES string of the molecule is Nc1cc(C(=O)NC2CCCS(=O)(=O)C2)n(C2CC2)c1. The lowest BCUT2D eigenvalue weighted by Gasteiger charge is -2.23. The minimum atomic E-state index is -3.01. The second-order valence-corrected chi connectivity index (χ2v) is 7.95. The Kier molecular flexibility index (Phi) is 3.24. The number of sulfone groups is 1. The van der Waals surface area contributed by atoms with Gasteiger partial charge in [0.15, 0.2) is 9.84 Å². The Morgan fingerprint density at radius 3 is 2.75 bits per heavy atom. The molecule has 1 aromatic rings. The number of nitrogen functional groups attached to an aromatic ring is 1. The molecule has 1 saturated carbocycles. The van der Waals surface area contributed by atoms with E-state index < -0.39 is 9.84 Å². The number of amides is 1. The number of anilines is 1. The monoisotopic (exact) mass is 297 g/mol. The average Bonchev–Trinajstić information content (AvgIpc) is 3.11. The van der Waals surface area contributed by atoms with Crippen molar-refractivity contribution >= 4 is 21.4 Å². The molecule has 7 heteroatoms. The zero-order valence-corrected chi connectivity index (χ0v) is 12.0. The molecule has 2 aliphatic rings. The van der Waals surface area contributed by atoms with Gasteiger partial charge in [0.05, 0.1) is 17.2 Å². The van der Waals surface area contributed by atoms with Gasteiger partial charge in [0, 0.05) is 18.3 Å². The zero-order valence-electron chi connectivity index (χ0n) is 11.2. The molecule has 1 aliphatic heterocycles. The summed E-state index contributed by atoms with van der Waals surface area (Å²) in [6, 6.07) is 1.73. The lowest BCUT2D eigenvalue weighted by molar-refractivity contribution is 0.0928. The number of carbonyl (C=O) groups excluding carboxylic acids is 1. The molecule has 0 aromatic carbocycles. The van der Waals surface area contributed by atoms with Gasteiger partial charge < -0.3 is 15.6 Å². The molecule has 2 heterocycles. The maximum atomic E-state index is 12.3. The Morgan fingerprint density at radius 1 is 1.35 bits per heavy atom. The van der Waals surface area contributed by atoms with Crippen molar-refractivity contribution < 1.29 is 13.2 Å². The fourth-order valence-electron chi connectivity index (χ4n) is 2.73. The summed E-state index contributed by atoms with van der Waals surface area (Å²) in [6.45, 7) is 0. The molecule has 1 unspecified atom stereocenters. The quantitative estimate of drug-likeness (QED) is 0.859. The molecule has 0 radical (unpaired) electrons.